The number of nitrogens with one attached hydrogen (secondary N) is 1. The summed E-state index contributed by atoms with van der Waals surface area (Å²) in [6.07, 6.45) is -0.799. The summed E-state index contributed by atoms with van der Waals surface area (Å²) in [5.74, 6) is -3.25. The highest BCUT2D eigenvalue weighted by atomic mass is 16.4. The quantitative estimate of drug-likeness (QED) is 0.623. The molecule has 0 aliphatic heterocycles. The third-order valence-corrected chi connectivity index (χ3v) is 2.19. The van der Waals surface area contributed by atoms with Gasteiger partial charge in [0.2, 0.25) is 0 Å². The third kappa shape index (κ3) is 3.93. The van der Waals surface area contributed by atoms with Gasteiger partial charge < -0.3 is 29.5 Å². The van der Waals surface area contributed by atoms with Crippen LogP contribution in [0.4, 0.5) is 0 Å². The van der Waals surface area contributed by atoms with E-state index in [1.807, 2.05) is 0 Å². The molecule has 0 fully saturated rings. The summed E-state index contributed by atoms with van der Waals surface area (Å²) in [5, 5.41) is 23.1. The average molecular weight is 253 g/mol. The van der Waals surface area contributed by atoms with Crippen LogP contribution in [0.1, 0.15) is 29.2 Å². The van der Waals surface area contributed by atoms with Gasteiger partial charge in [0.25, 0.3) is 5.91 Å². The van der Waals surface area contributed by atoms with Gasteiger partial charge in [0.05, 0.1) is 12.0 Å². The van der Waals surface area contributed by atoms with Crippen molar-refractivity contribution in [3.63, 3.8) is 0 Å². The first-order valence-electron chi connectivity index (χ1n) is 5.18. The molecule has 1 rings (SSSR count). The predicted octanol–water partition coefficient (Wildman–Crippen LogP) is -2.03. The molecule has 0 unspecified atom stereocenters. The topological polar surface area (TPSA) is 123 Å². The molecule has 7 nitrogen and oxygen atoms in total. The summed E-state index contributed by atoms with van der Waals surface area (Å²) in [4.78, 5) is 32.5. The maximum absolute atomic E-state index is 11.6. The van der Waals surface area contributed by atoms with Crippen molar-refractivity contribution < 1.29 is 29.0 Å². The monoisotopic (exact) mass is 253 g/mol. The Morgan fingerprint density at radius 1 is 1.33 bits per heavy atom. The summed E-state index contributed by atoms with van der Waals surface area (Å²) in [5.41, 5.74) is 0. The molecule has 0 radical (unpaired) electrons. The van der Waals surface area contributed by atoms with Gasteiger partial charge in [-0.1, -0.05) is 0 Å². The molecule has 0 aliphatic carbocycles. The number of carbonyl (C=O) groups is 3. The van der Waals surface area contributed by atoms with Gasteiger partial charge in [0, 0.05) is 5.97 Å². The van der Waals surface area contributed by atoms with Crippen molar-refractivity contribution in [2.75, 3.05) is 0 Å². The van der Waals surface area contributed by atoms with Crippen molar-refractivity contribution in [3.8, 4) is 0 Å². The van der Waals surface area contributed by atoms with Crippen LogP contribution in [0.25, 0.3) is 0 Å². The molecule has 1 aromatic heterocycles. The Bertz CT molecular complexity index is 464. The number of aryl methyl sites for hydroxylation is 1. The Labute approximate surface area is 102 Å². The predicted molar refractivity (Wildman–Crippen MR) is 53.9 cm³/mol. The van der Waals surface area contributed by atoms with Crippen LogP contribution in [0, 0.1) is 6.92 Å². The number of amides is 1. The lowest BCUT2D eigenvalue weighted by atomic mass is 10.1. The van der Waals surface area contributed by atoms with Crippen molar-refractivity contribution in [1.29, 1.82) is 0 Å². The summed E-state index contributed by atoms with van der Waals surface area (Å²) in [6.45, 7) is 1.63. The lowest BCUT2D eigenvalue weighted by molar-refractivity contribution is -0.309. The molecule has 98 valence electrons. The lowest BCUT2D eigenvalue weighted by Gasteiger charge is -2.19. The van der Waals surface area contributed by atoms with Gasteiger partial charge in [-0.3, -0.25) is 4.79 Å². The SMILES string of the molecule is Cc1ccc(C(=O)N[C@H](CCC(=O)[O-])C(=O)[O-])o1. The van der Waals surface area contributed by atoms with E-state index >= 15 is 0 Å². The normalized spacial score (nSPS) is 11.8. The van der Waals surface area contributed by atoms with Crippen LogP contribution in [0.15, 0.2) is 16.5 Å². The summed E-state index contributed by atoms with van der Waals surface area (Å²) in [7, 11) is 0. The number of aliphatic carboxylic acids is 2. The van der Waals surface area contributed by atoms with Crippen LogP contribution in [0.5, 0.6) is 0 Å². The Morgan fingerprint density at radius 3 is 2.44 bits per heavy atom. The largest absolute Gasteiger partial charge is 0.550 e. The van der Waals surface area contributed by atoms with Crippen molar-refractivity contribution in [1.82, 2.24) is 5.32 Å². The number of carboxylic acids is 2. The first-order valence-corrected chi connectivity index (χ1v) is 5.18. The Balaban J connectivity index is 2.63. The smallest absolute Gasteiger partial charge is 0.287 e. The van der Waals surface area contributed by atoms with Crippen LogP contribution in [0.2, 0.25) is 0 Å². The molecule has 0 bridgehead atoms. The minimum atomic E-state index is -1.56. The van der Waals surface area contributed by atoms with E-state index in [1.54, 1.807) is 13.0 Å². The number of hydrogen-bond donors (Lipinski definition) is 1. The molecular formula is C11H11NO6-2. The first kappa shape index (κ1) is 13.8. The van der Waals surface area contributed by atoms with Crippen LogP contribution in [0.3, 0.4) is 0 Å². The van der Waals surface area contributed by atoms with Crippen molar-refractivity contribution >= 4 is 17.8 Å². The maximum atomic E-state index is 11.6. The zero-order valence-corrected chi connectivity index (χ0v) is 9.60. The summed E-state index contributed by atoms with van der Waals surface area (Å²) >= 11 is 0. The Kier molecular flexibility index (Phi) is 4.47. The fourth-order valence-electron chi connectivity index (χ4n) is 1.30. The van der Waals surface area contributed by atoms with Gasteiger partial charge in [-0.15, -0.1) is 0 Å². The number of carboxylic acid groups (broad SMARTS) is 2. The molecule has 0 aromatic carbocycles. The van der Waals surface area contributed by atoms with Gasteiger partial charge in [-0.25, -0.2) is 0 Å². The molecule has 1 aromatic rings. The number of furan rings is 1. The maximum Gasteiger partial charge on any atom is 0.287 e. The molecule has 0 aliphatic rings. The van der Waals surface area contributed by atoms with E-state index in [-0.39, 0.29) is 12.2 Å². The van der Waals surface area contributed by atoms with Gasteiger partial charge in [-0.2, -0.15) is 0 Å². The number of hydrogen-bond acceptors (Lipinski definition) is 6. The Morgan fingerprint density at radius 2 is 2.00 bits per heavy atom. The van der Waals surface area contributed by atoms with E-state index in [1.165, 1.54) is 6.07 Å². The molecule has 7 heteroatoms. The van der Waals surface area contributed by atoms with Crippen molar-refractivity contribution in [2.45, 2.75) is 25.8 Å². The third-order valence-electron chi connectivity index (χ3n) is 2.19. The highest BCUT2D eigenvalue weighted by molar-refractivity contribution is 5.94. The minimum Gasteiger partial charge on any atom is -0.550 e. The minimum absolute atomic E-state index is 0.0489. The molecule has 1 atom stereocenters. The van der Waals surface area contributed by atoms with E-state index in [9.17, 15) is 24.6 Å². The fraction of sp³-hybridized carbons (Fsp3) is 0.364. The zero-order valence-electron chi connectivity index (χ0n) is 9.60. The first-order chi connectivity index (χ1) is 8.40. The van der Waals surface area contributed by atoms with Gasteiger partial charge >= 0.3 is 0 Å². The lowest BCUT2D eigenvalue weighted by Crippen LogP contribution is -2.48. The second kappa shape index (κ2) is 5.85. The molecule has 1 N–H and O–H groups in total. The highest BCUT2D eigenvalue weighted by Crippen LogP contribution is 2.07. The second-order valence-electron chi connectivity index (χ2n) is 3.67. The van der Waals surface area contributed by atoms with Crippen molar-refractivity contribution in [2.24, 2.45) is 0 Å². The molecule has 0 spiro atoms. The Hall–Kier alpha value is -2.31. The van der Waals surface area contributed by atoms with E-state index in [4.69, 9.17) is 4.42 Å². The summed E-state index contributed by atoms with van der Waals surface area (Å²) < 4.78 is 5.00. The molecular weight excluding hydrogens is 242 g/mol. The fourth-order valence-corrected chi connectivity index (χ4v) is 1.30. The average Bonchev–Trinajstić information content (AvgIpc) is 2.70. The molecule has 18 heavy (non-hydrogen) atoms. The van der Waals surface area contributed by atoms with Crippen LogP contribution >= 0.6 is 0 Å². The van der Waals surface area contributed by atoms with Crippen LogP contribution in [-0.4, -0.2) is 23.9 Å². The van der Waals surface area contributed by atoms with E-state index in [0.29, 0.717) is 5.76 Å². The van der Waals surface area contributed by atoms with Crippen LogP contribution in [-0.2, 0) is 9.59 Å². The van der Waals surface area contributed by atoms with E-state index in [0.717, 1.165) is 0 Å². The summed E-state index contributed by atoms with van der Waals surface area (Å²) in [6, 6.07) is 1.53. The van der Waals surface area contributed by atoms with Gasteiger partial charge in [0.15, 0.2) is 5.76 Å². The van der Waals surface area contributed by atoms with Crippen LogP contribution < -0.4 is 15.5 Å². The van der Waals surface area contributed by atoms with E-state index < -0.39 is 30.3 Å². The molecule has 1 amide bonds. The van der Waals surface area contributed by atoms with Crippen molar-refractivity contribution in [3.05, 3.63) is 23.7 Å². The second-order valence-corrected chi connectivity index (χ2v) is 3.67. The molecule has 0 saturated heterocycles. The molecule has 0 saturated carbocycles. The molecule has 1 heterocycles. The highest BCUT2D eigenvalue weighted by Gasteiger charge is 2.16. The number of carbonyl (C=O) groups excluding carboxylic acids is 3. The van der Waals surface area contributed by atoms with Gasteiger partial charge in [0.1, 0.15) is 5.76 Å². The standard InChI is InChI=1S/C11H13NO6/c1-6-2-4-8(18-6)10(15)12-7(11(16)17)3-5-9(13)14/h2,4,7H,3,5H2,1H3,(H,12,15)(H,13,14)(H,16,17)/p-2/t7-/m1/s1. The van der Waals surface area contributed by atoms with Gasteiger partial charge in [-0.05, 0) is 31.9 Å². The van der Waals surface area contributed by atoms with E-state index in [2.05, 4.69) is 5.32 Å². The number of rotatable bonds is 6. The zero-order chi connectivity index (χ0) is 13.7.